The lowest BCUT2D eigenvalue weighted by Gasteiger charge is -2.29. The molecule has 0 unspecified atom stereocenters. The molecule has 1 aromatic heterocycles. The Bertz CT molecular complexity index is 467. The monoisotopic (exact) mass is 290 g/mol. The van der Waals surface area contributed by atoms with Gasteiger partial charge in [0, 0.05) is 18.5 Å². The third kappa shape index (κ3) is 3.40. The molecule has 1 fully saturated rings. The van der Waals surface area contributed by atoms with Crippen molar-refractivity contribution in [1.82, 2.24) is 4.90 Å². The molecule has 0 N–H and O–H groups in total. The van der Waals surface area contributed by atoms with Crippen molar-refractivity contribution in [2.75, 3.05) is 13.6 Å². The van der Waals surface area contributed by atoms with E-state index in [4.69, 9.17) is 0 Å². The summed E-state index contributed by atoms with van der Waals surface area (Å²) in [5, 5.41) is 11.6. The van der Waals surface area contributed by atoms with Crippen LogP contribution in [-0.4, -0.2) is 24.4 Å². The highest BCUT2D eigenvalue weighted by molar-refractivity contribution is 7.09. The van der Waals surface area contributed by atoms with Crippen LogP contribution in [0.3, 0.4) is 0 Å². The van der Waals surface area contributed by atoms with Crippen LogP contribution in [0.4, 0.5) is 0 Å². The summed E-state index contributed by atoms with van der Waals surface area (Å²) in [4.78, 5) is 15.7. The maximum Gasteiger partial charge on any atom is 0.242 e. The van der Waals surface area contributed by atoms with E-state index in [9.17, 15) is 10.1 Å². The number of hydrogen-bond acceptors (Lipinski definition) is 3. The zero-order chi connectivity index (χ0) is 14.4. The average molecular weight is 290 g/mol. The second-order valence-electron chi connectivity index (χ2n) is 5.66. The smallest absolute Gasteiger partial charge is 0.242 e. The minimum atomic E-state index is -0.763. The predicted octanol–water partition coefficient (Wildman–Crippen LogP) is 3.61. The molecule has 1 aliphatic carbocycles. The molecule has 4 heteroatoms. The van der Waals surface area contributed by atoms with Crippen LogP contribution in [0.2, 0.25) is 0 Å². The molecule has 1 amide bonds. The molecule has 0 aliphatic heterocycles. The van der Waals surface area contributed by atoms with Gasteiger partial charge in [0.2, 0.25) is 5.91 Å². The Labute approximate surface area is 125 Å². The number of nitrogens with zero attached hydrogens (tertiary/aromatic N) is 2. The molecule has 1 saturated carbocycles. The minimum absolute atomic E-state index is 0.0263. The lowest BCUT2D eigenvalue weighted by Crippen LogP contribution is -2.42. The summed E-state index contributed by atoms with van der Waals surface area (Å²) in [6.45, 7) is 0.697. The topological polar surface area (TPSA) is 44.1 Å². The van der Waals surface area contributed by atoms with Crippen LogP contribution in [0.1, 0.15) is 43.4 Å². The van der Waals surface area contributed by atoms with E-state index in [0.717, 1.165) is 44.9 Å². The van der Waals surface area contributed by atoms with Gasteiger partial charge < -0.3 is 4.90 Å². The summed E-state index contributed by atoms with van der Waals surface area (Å²) in [6.07, 6.45) is 6.63. The quantitative estimate of drug-likeness (QED) is 0.795. The summed E-state index contributed by atoms with van der Waals surface area (Å²) in [5.74, 6) is 0.0263. The fourth-order valence-corrected chi connectivity index (χ4v) is 3.60. The fourth-order valence-electron chi connectivity index (χ4n) is 2.91. The fraction of sp³-hybridized carbons (Fsp3) is 0.625. The Hall–Kier alpha value is -1.34. The van der Waals surface area contributed by atoms with Gasteiger partial charge in [-0.2, -0.15) is 5.26 Å². The highest BCUT2D eigenvalue weighted by atomic mass is 32.1. The molecular formula is C16H22N2OS. The van der Waals surface area contributed by atoms with Crippen LogP contribution in [0.15, 0.2) is 17.5 Å². The molecule has 0 radical (unpaired) electrons. The highest BCUT2D eigenvalue weighted by Crippen LogP contribution is 2.36. The number of thiophene rings is 1. The first-order valence-corrected chi connectivity index (χ1v) is 8.25. The number of carbonyl (C=O) groups excluding carboxylic acids is 1. The molecule has 3 nitrogen and oxygen atoms in total. The molecule has 0 saturated heterocycles. The van der Waals surface area contributed by atoms with Gasteiger partial charge in [-0.15, -0.1) is 11.3 Å². The van der Waals surface area contributed by atoms with E-state index in [-0.39, 0.29) is 5.91 Å². The van der Waals surface area contributed by atoms with Crippen molar-refractivity contribution in [2.45, 2.75) is 44.9 Å². The van der Waals surface area contributed by atoms with Gasteiger partial charge >= 0.3 is 0 Å². The maximum absolute atomic E-state index is 12.7. The van der Waals surface area contributed by atoms with Crippen LogP contribution < -0.4 is 0 Å². The molecular weight excluding hydrogens is 268 g/mol. The zero-order valence-corrected chi connectivity index (χ0v) is 12.9. The van der Waals surface area contributed by atoms with Crippen LogP contribution in [-0.2, 0) is 11.2 Å². The number of amides is 1. The number of rotatable bonds is 4. The molecule has 2 rings (SSSR count). The summed E-state index contributed by atoms with van der Waals surface area (Å²) in [6, 6.07) is 6.47. The Morgan fingerprint density at radius 2 is 2.10 bits per heavy atom. The van der Waals surface area contributed by atoms with E-state index in [2.05, 4.69) is 17.5 Å². The molecule has 0 atom stereocenters. The van der Waals surface area contributed by atoms with E-state index in [1.54, 1.807) is 16.2 Å². The van der Waals surface area contributed by atoms with Gasteiger partial charge in [-0.05, 0) is 30.7 Å². The van der Waals surface area contributed by atoms with Crippen LogP contribution >= 0.6 is 11.3 Å². The zero-order valence-electron chi connectivity index (χ0n) is 12.1. The van der Waals surface area contributed by atoms with E-state index in [1.165, 1.54) is 4.88 Å². The van der Waals surface area contributed by atoms with E-state index in [1.807, 2.05) is 13.1 Å². The lowest BCUT2D eigenvalue weighted by molar-refractivity contribution is -0.138. The highest BCUT2D eigenvalue weighted by Gasteiger charge is 2.40. The first-order valence-electron chi connectivity index (χ1n) is 7.37. The van der Waals surface area contributed by atoms with Crippen LogP contribution in [0.5, 0.6) is 0 Å². The Balaban J connectivity index is 1.98. The molecule has 108 valence electrons. The summed E-state index contributed by atoms with van der Waals surface area (Å²) >= 11 is 1.72. The van der Waals surface area contributed by atoms with Gasteiger partial charge in [0.25, 0.3) is 0 Å². The van der Waals surface area contributed by atoms with Gasteiger partial charge in [-0.25, -0.2) is 0 Å². The molecule has 1 aromatic rings. The third-order valence-electron chi connectivity index (χ3n) is 4.20. The van der Waals surface area contributed by atoms with E-state index >= 15 is 0 Å². The molecule has 0 aromatic carbocycles. The van der Waals surface area contributed by atoms with Crippen molar-refractivity contribution in [3.63, 3.8) is 0 Å². The van der Waals surface area contributed by atoms with Crippen molar-refractivity contribution in [1.29, 1.82) is 5.26 Å². The molecule has 0 bridgehead atoms. The average Bonchev–Trinajstić information content (AvgIpc) is 2.87. The van der Waals surface area contributed by atoms with Gasteiger partial charge in [0.1, 0.15) is 5.41 Å². The Kier molecular flexibility index (Phi) is 5.19. The van der Waals surface area contributed by atoms with E-state index < -0.39 is 5.41 Å². The van der Waals surface area contributed by atoms with Crippen molar-refractivity contribution < 1.29 is 4.79 Å². The summed E-state index contributed by atoms with van der Waals surface area (Å²) in [7, 11) is 1.83. The van der Waals surface area contributed by atoms with Gasteiger partial charge in [-0.3, -0.25) is 4.79 Å². The standard InChI is InChI=1S/C16H22N2OS/c1-18(11-8-14-7-6-12-20-14)15(19)16(13-17)9-4-2-3-5-10-16/h6-7,12H,2-5,8-11H2,1H3. The van der Waals surface area contributed by atoms with Gasteiger partial charge in [-0.1, -0.05) is 31.7 Å². The third-order valence-corrected chi connectivity index (χ3v) is 5.14. The Morgan fingerprint density at radius 3 is 2.65 bits per heavy atom. The number of hydrogen-bond donors (Lipinski definition) is 0. The predicted molar refractivity (Wildman–Crippen MR) is 81.4 cm³/mol. The Morgan fingerprint density at radius 1 is 1.40 bits per heavy atom. The first kappa shape index (κ1) is 15.1. The number of likely N-dealkylation sites (N-methyl/N-ethyl adjacent to an activating group) is 1. The van der Waals surface area contributed by atoms with Crippen LogP contribution in [0.25, 0.3) is 0 Å². The second-order valence-corrected chi connectivity index (χ2v) is 6.70. The molecule has 20 heavy (non-hydrogen) atoms. The lowest BCUT2D eigenvalue weighted by atomic mass is 9.80. The van der Waals surface area contributed by atoms with Gasteiger partial charge in [0.15, 0.2) is 0 Å². The van der Waals surface area contributed by atoms with Crippen molar-refractivity contribution in [3.8, 4) is 6.07 Å². The van der Waals surface area contributed by atoms with E-state index in [0.29, 0.717) is 6.54 Å². The summed E-state index contributed by atoms with van der Waals surface area (Å²) < 4.78 is 0. The normalized spacial score (nSPS) is 18.0. The van der Waals surface area contributed by atoms with Crippen molar-refractivity contribution >= 4 is 17.2 Å². The maximum atomic E-state index is 12.7. The van der Waals surface area contributed by atoms with Crippen molar-refractivity contribution in [2.24, 2.45) is 5.41 Å². The molecule has 0 spiro atoms. The molecule has 1 aliphatic rings. The summed E-state index contributed by atoms with van der Waals surface area (Å²) in [5.41, 5.74) is -0.763. The SMILES string of the molecule is CN(CCc1cccs1)C(=O)C1(C#N)CCCCCC1. The largest absolute Gasteiger partial charge is 0.344 e. The molecule has 1 heterocycles. The van der Waals surface area contributed by atoms with Gasteiger partial charge in [0.05, 0.1) is 6.07 Å². The minimum Gasteiger partial charge on any atom is -0.344 e. The van der Waals surface area contributed by atoms with Crippen LogP contribution in [0, 0.1) is 16.7 Å². The second kappa shape index (κ2) is 6.90. The number of nitriles is 1. The number of carbonyl (C=O) groups is 1. The first-order chi connectivity index (χ1) is 9.68. The van der Waals surface area contributed by atoms with Crippen molar-refractivity contribution in [3.05, 3.63) is 22.4 Å².